The third-order valence-corrected chi connectivity index (χ3v) is 4.14. The molecule has 0 bridgehead atoms. The van der Waals surface area contributed by atoms with Gasteiger partial charge in [0.05, 0.1) is 0 Å². The van der Waals surface area contributed by atoms with Crippen molar-refractivity contribution in [2.24, 2.45) is 0 Å². The normalized spacial score (nSPS) is 14.5. The van der Waals surface area contributed by atoms with Gasteiger partial charge in [0.25, 0.3) is 0 Å². The fourth-order valence-corrected chi connectivity index (χ4v) is 2.66. The number of aryl methyl sites for hydroxylation is 1. The highest BCUT2D eigenvalue weighted by Gasteiger charge is 2.20. The first-order valence-electron chi connectivity index (χ1n) is 6.76. The molecule has 0 unspecified atom stereocenters. The van der Waals surface area contributed by atoms with Gasteiger partial charge in [0.1, 0.15) is 23.2 Å². The average molecular weight is 292 g/mol. The van der Waals surface area contributed by atoms with Gasteiger partial charge in [-0.2, -0.15) is 0 Å². The molecule has 1 saturated carbocycles. The molecule has 1 aromatic heterocycles. The predicted octanol–water partition coefficient (Wildman–Crippen LogP) is 3.42. The monoisotopic (exact) mass is 292 g/mol. The fourth-order valence-electron chi connectivity index (χ4n) is 1.98. The molecule has 0 radical (unpaired) electrons. The van der Waals surface area contributed by atoms with Crippen LogP contribution in [0.15, 0.2) is 23.6 Å². The maximum absolute atomic E-state index is 13.4. The summed E-state index contributed by atoms with van der Waals surface area (Å²) in [6, 6.07) is 5.26. The second-order valence-electron chi connectivity index (χ2n) is 5.08. The molecule has 0 amide bonds. The highest BCUT2D eigenvalue weighted by atomic mass is 32.1. The largest absolute Gasteiger partial charge is 0.486 e. The molecule has 106 valence electrons. The van der Waals surface area contributed by atoms with Crippen molar-refractivity contribution in [2.45, 2.75) is 39.0 Å². The fraction of sp³-hybridized carbons (Fsp3) is 0.400. The van der Waals surface area contributed by atoms with Gasteiger partial charge in [-0.05, 0) is 38.0 Å². The summed E-state index contributed by atoms with van der Waals surface area (Å²) in [6.45, 7) is 3.04. The first-order chi connectivity index (χ1) is 9.70. The summed E-state index contributed by atoms with van der Waals surface area (Å²) in [4.78, 5) is 4.36. The summed E-state index contributed by atoms with van der Waals surface area (Å²) < 4.78 is 19.1. The zero-order valence-electron chi connectivity index (χ0n) is 11.4. The van der Waals surface area contributed by atoms with E-state index >= 15 is 0 Å². The minimum atomic E-state index is -0.227. The van der Waals surface area contributed by atoms with Gasteiger partial charge in [-0.3, -0.25) is 0 Å². The van der Waals surface area contributed by atoms with Gasteiger partial charge in [0.15, 0.2) is 0 Å². The van der Waals surface area contributed by atoms with Gasteiger partial charge >= 0.3 is 0 Å². The quantitative estimate of drug-likeness (QED) is 0.886. The molecule has 3 rings (SSSR count). The van der Waals surface area contributed by atoms with Gasteiger partial charge in [-0.1, -0.05) is 0 Å². The van der Waals surface area contributed by atoms with E-state index in [1.807, 2.05) is 12.3 Å². The predicted molar refractivity (Wildman–Crippen MR) is 77.4 cm³/mol. The number of thiazole rings is 1. The molecule has 0 aliphatic heterocycles. The molecular weight excluding hydrogens is 275 g/mol. The molecular formula is C15H17FN2OS. The Balaban J connectivity index is 1.66. The Hall–Kier alpha value is -1.46. The Labute approximate surface area is 121 Å². The van der Waals surface area contributed by atoms with Crippen molar-refractivity contribution in [2.75, 3.05) is 0 Å². The Morgan fingerprint density at radius 3 is 3.00 bits per heavy atom. The molecule has 0 spiro atoms. The van der Waals surface area contributed by atoms with Crippen LogP contribution in [0.2, 0.25) is 0 Å². The molecule has 0 saturated heterocycles. The topological polar surface area (TPSA) is 34.1 Å². The van der Waals surface area contributed by atoms with Crippen LogP contribution in [-0.4, -0.2) is 11.0 Å². The Morgan fingerprint density at radius 1 is 1.45 bits per heavy atom. The lowest BCUT2D eigenvalue weighted by molar-refractivity contribution is 0.300. The lowest BCUT2D eigenvalue weighted by atomic mass is 10.2. The van der Waals surface area contributed by atoms with Crippen molar-refractivity contribution in [1.29, 1.82) is 0 Å². The summed E-state index contributed by atoms with van der Waals surface area (Å²) in [5.41, 5.74) is 1.87. The van der Waals surface area contributed by atoms with Crippen LogP contribution in [0, 0.1) is 12.7 Å². The van der Waals surface area contributed by atoms with Crippen molar-refractivity contribution in [3.8, 4) is 5.75 Å². The highest BCUT2D eigenvalue weighted by molar-refractivity contribution is 7.09. The molecule has 20 heavy (non-hydrogen) atoms. The van der Waals surface area contributed by atoms with E-state index < -0.39 is 0 Å². The zero-order valence-corrected chi connectivity index (χ0v) is 12.2. The van der Waals surface area contributed by atoms with E-state index in [0.717, 1.165) is 22.0 Å². The molecule has 1 heterocycles. The molecule has 1 aliphatic carbocycles. The number of nitrogens with zero attached hydrogens (tertiary/aromatic N) is 1. The SMILES string of the molecule is Cc1csc(COc2ccc(F)cc2CNC2CC2)n1. The minimum Gasteiger partial charge on any atom is -0.486 e. The molecule has 3 nitrogen and oxygen atoms in total. The number of halogens is 1. The number of hydrogen-bond donors (Lipinski definition) is 1. The summed E-state index contributed by atoms with van der Waals surface area (Å²) in [5.74, 6) is 0.502. The van der Waals surface area contributed by atoms with Crippen molar-refractivity contribution >= 4 is 11.3 Å². The second kappa shape index (κ2) is 5.89. The van der Waals surface area contributed by atoms with E-state index in [9.17, 15) is 4.39 Å². The summed E-state index contributed by atoms with van der Waals surface area (Å²) in [6.07, 6.45) is 2.42. The number of nitrogens with one attached hydrogen (secondary N) is 1. The average Bonchev–Trinajstić information content (AvgIpc) is 3.17. The van der Waals surface area contributed by atoms with Gasteiger partial charge in [0.2, 0.25) is 0 Å². The second-order valence-corrected chi connectivity index (χ2v) is 6.02. The lowest BCUT2D eigenvalue weighted by Crippen LogP contribution is -2.16. The van der Waals surface area contributed by atoms with Crippen molar-refractivity contribution in [3.05, 3.63) is 45.7 Å². The Morgan fingerprint density at radius 2 is 2.30 bits per heavy atom. The van der Waals surface area contributed by atoms with Crippen LogP contribution in [0.5, 0.6) is 5.75 Å². The van der Waals surface area contributed by atoms with Crippen LogP contribution >= 0.6 is 11.3 Å². The van der Waals surface area contributed by atoms with E-state index in [4.69, 9.17) is 4.74 Å². The van der Waals surface area contributed by atoms with Crippen LogP contribution in [0.25, 0.3) is 0 Å². The van der Waals surface area contributed by atoms with Crippen LogP contribution in [0.3, 0.4) is 0 Å². The maximum Gasteiger partial charge on any atom is 0.140 e. The van der Waals surface area contributed by atoms with E-state index in [-0.39, 0.29) is 5.82 Å². The van der Waals surface area contributed by atoms with Gasteiger partial charge in [0, 0.05) is 29.2 Å². The molecule has 1 N–H and O–H groups in total. The van der Waals surface area contributed by atoms with Gasteiger partial charge in [-0.15, -0.1) is 11.3 Å². The molecule has 1 fully saturated rings. The number of aromatic nitrogens is 1. The van der Waals surface area contributed by atoms with Crippen LogP contribution in [0.4, 0.5) is 4.39 Å². The highest BCUT2D eigenvalue weighted by Crippen LogP contribution is 2.24. The summed E-state index contributed by atoms with van der Waals surface area (Å²) in [5, 5.41) is 6.32. The Kier molecular flexibility index (Phi) is 3.98. The number of ether oxygens (including phenoxy) is 1. The lowest BCUT2D eigenvalue weighted by Gasteiger charge is -2.11. The van der Waals surface area contributed by atoms with Crippen molar-refractivity contribution < 1.29 is 9.13 Å². The number of rotatable bonds is 6. The van der Waals surface area contributed by atoms with Crippen molar-refractivity contribution in [3.63, 3.8) is 0 Å². The molecule has 1 aliphatic rings. The van der Waals surface area contributed by atoms with E-state index in [1.165, 1.54) is 25.0 Å². The van der Waals surface area contributed by atoms with Crippen LogP contribution < -0.4 is 10.1 Å². The summed E-state index contributed by atoms with van der Waals surface area (Å²) >= 11 is 1.58. The molecule has 1 aromatic carbocycles. The standard InChI is InChI=1S/C15H17FN2OS/c1-10-9-20-15(18-10)8-19-14-5-2-12(16)6-11(14)7-17-13-3-4-13/h2,5-6,9,13,17H,3-4,7-8H2,1H3. The first kappa shape index (κ1) is 13.5. The third kappa shape index (κ3) is 3.55. The molecule has 5 heteroatoms. The first-order valence-corrected chi connectivity index (χ1v) is 7.64. The zero-order chi connectivity index (χ0) is 13.9. The van der Waals surface area contributed by atoms with Crippen LogP contribution in [0.1, 0.15) is 29.1 Å². The van der Waals surface area contributed by atoms with Gasteiger partial charge < -0.3 is 10.1 Å². The smallest absolute Gasteiger partial charge is 0.140 e. The maximum atomic E-state index is 13.4. The van der Waals surface area contributed by atoms with Crippen molar-refractivity contribution in [1.82, 2.24) is 10.3 Å². The minimum absolute atomic E-state index is 0.227. The van der Waals surface area contributed by atoms with Crippen LogP contribution in [-0.2, 0) is 13.2 Å². The summed E-state index contributed by atoms with van der Waals surface area (Å²) in [7, 11) is 0. The third-order valence-electron chi connectivity index (χ3n) is 3.20. The van der Waals surface area contributed by atoms with E-state index in [1.54, 1.807) is 17.4 Å². The Bertz CT molecular complexity index is 595. The number of benzene rings is 1. The van der Waals surface area contributed by atoms with E-state index in [0.29, 0.717) is 19.2 Å². The number of hydrogen-bond acceptors (Lipinski definition) is 4. The molecule has 2 aromatic rings. The molecule has 0 atom stereocenters. The van der Waals surface area contributed by atoms with Gasteiger partial charge in [-0.25, -0.2) is 9.37 Å². The van der Waals surface area contributed by atoms with E-state index in [2.05, 4.69) is 10.3 Å².